The van der Waals surface area contributed by atoms with Gasteiger partial charge in [-0.3, -0.25) is 0 Å². The lowest BCUT2D eigenvalue weighted by atomic mass is 9.64. The van der Waals surface area contributed by atoms with Crippen LogP contribution in [0.5, 0.6) is 0 Å². The number of allylic oxidation sites excluding steroid dienone is 4. The normalized spacial score (nSPS) is 18.3. The van der Waals surface area contributed by atoms with Crippen molar-refractivity contribution in [2.75, 3.05) is 0 Å². The van der Waals surface area contributed by atoms with E-state index in [1.54, 1.807) is 48.5 Å². The van der Waals surface area contributed by atoms with Gasteiger partial charge in [-0.1, -0.05) is 109 Å². The largest absolute Gasteiger partial charge is 0.509 e. The van der Waals surface area contributed by atoms with Crippen molar-refractivity contribution in [3.8, 4) is 11.1 Å². The van der Waals surface area contributed by atoms with E-state index in [-0.39, 0.29) is 16.7 Å². The van der Waals surface area contributed by atoms with Crippen molar-refractivity contribution in [3.05, 3.63) is 184 Å². The summed E-state index contributed by atoms with van der Waals surface area (Å²) >= 11 is 0. The smallest absolute Gasteiger partial charge is 0.333 e. The van der Waals surface area contributed by atoms with Gasteiger partial charge < -0.3 is 35.7 Å². The molecule has 8 nitrogen and oxygen atoms in total. The molecule has 2 atom stereocenters. The fourth-order valence-corrected chi connectivity index (χ4v) is 7.93. The molecule has 0 saturated heterocycles. The first-order chi connectivity index (χ1) is 25.1. The molecule has 0 radical (unpaired) electrons. The maximum absolute atomic E-state index is 13.3. The second-order valence-corrected chi connectivity index (χ2v) is 13.0. The Hall–Kier alpha value is -6.93. The molecule has 52 heavy (non-hydrogen) atoms. The number of aliphatic hydroxyl groups excluding tert-OH is 6. The maximum Gasteiger partial charge on any atom is 0.333 e. The summed E-state index contributed by atoms with van der Waals surface area (Å²) in [5, 5.41) is 84.1. The molecule has 2 unspecified atom stereocenters. The Kier molecular flexibility index (Phi) is 7.54. The van der Waals surface area contributed by atoms with Gasteiger partial charge in [0.2, 0.25) is 11.5 Å². The number of rotatable bonds is 5. The lowest BCUT2D eigenvalue weighted by Gasteiger charge is -2.39. The van der Waals surface area contributed by atoms with Crippen LogP contribution < -0.4 is 0 Å². The van der Waals surface area contributed by atoms with Gasteiger partial charge in [-0.25, -0.2) is 4.79 Å². The molecule has 0 saturated carbocycles. The minimum absolute atomic E-state index is 0.0541. The van der Waals surface area contributed by atoms with E-state index in [1.807, 2.05) is 36.4 Å². The molecule has 6 aromatic carbocycles. The van der Waals surface area contributed by atoms with Gasteiger partial charge in [-0.05, 0) is 73.6 Å². The van der Waals surface area contributed by atoms with Crippen molar-refractivity contribution in [2.24, 2.45) is 5.92 Å². The van der Waals surface area contributed by atoms with E-state index in [1.165, 1.54) is 6.92 Å². The van der Waals surface area contributed by atoms with Crippen LogP contribution >= 0.6 is 0 Å². The van der Waals surface area contributed by atoms with Crippen LogP contribution in [0.15, 0.2) is 173 Å². The van der Waals surface area contributed by atoms with E-state index < -0.39 is 57.9 Å². The molecular formula is C44H32O8. The van der Waals surface area contributed by atoms with Gasteiger partial charge in [-0.2, -0.15) is 0 Å². The molecule has 0 fully saturated rings. The van der Waals surface area contributed by atoms with Crippen LogP contribution in [0.1, 0.15) is 24.0 Å². The Balaban J connectivity index is 1.46. The third kappa shape index (κ3) is 4.80. The third-order valence-corrected chi connectivity index (χ3v) is 10.2. The zero-order chi connectivity index (χ0) is 36.4. The van der Waals surface area contributed by atoms with E-state index in [2.05, 4.69) is 36.4 Å². The van der Waals surface area contributed by atoms with Gasteiger partial charge in [0, 0.05) is 22.6 Å². The summed E-state index contributed by atoms with van der Waals surface area (Å²) in [6.45, 7) is 1.20. The summed E-state index contributed by atoms with van der Waals surface area (Å²) in [6.07, 6.45) is 0. The average Bonchev–Trinajstić information content (AvgIpc) is 3.17. The highest BCUT2D eigenvalue weighted by Crippen LogP contribution is 2.56. The first-order valence-electron chi connectivity index (χ1n) is 16.6. The Labute approximate surface area is 297 Å². The molecule has 6 aromatic rings. The quantitative estimate of drug-likeness (QED) is 0.0696. The van der Waals surface area contributed by atoms with Gasteiger partial charge >= 0.3 is 5.97 Å². The highest BCUT2D eigenvalue weighted by molar-refractivity contribution is 6.23. The van der Waals surface area contributed by atoms with Crippen molar-refractivity contribution in [1.29, 1.82) is 0 Å². The molecule has 8 rings (SSSR count). The number of carbonyl (C=O) groups is 1. The third-order valence-electron chi connectivity index (χ3n) is 10.2. The molecule has 2 aliphatic carbocycles. The molecule has 0 aliphatic heterocycles. The fourth-order valence-electron chi connectivity index (χ4n) is 7.93. The molecule has 0 aromatic heterocycles. The van der Waals surface area contributed by atoms with E-state index in [4.69, 9.17) is 0 Å². The van der Waals surface area contributed by atoms with Crippen molar-refractivity contribution < 1.29 is 40.5 Å². The molecule has 256 valence electrons. The Morgan fingerprint density at radius 1 is 0.577 bits per heavy atom. The minimum Gasteiger partial charge on any atom is -0.509 e. The Morgan fingerprint density at radius 2 is 1.21 bits per heavy atom. The van der Waals surface area contributed by atoms with Crippen LogP contribution in [-0.4, -0.2) is 41.7 Å². The van der Waals surface area contributed by atoms with Crippen molar-refractivity contribution in [1.82, 2.24) is 0 Å². The van der Waals surface area contributed by atoms with Gasteiger partial charge in [0.15, 0.2) is 11.5 Å². The first-order valence-corrected chi connectivity index (χ1v) is 16.6. The highest BCUT2D eigenvalue weighted by Gasteiger charge is 2.49. The molecule has 0 bridgehead atoms. The number of hydrogen-bond acceptors (Lipinski definition) is 7. The predicted molar refractivity (Wildman–Crippen MR) is 201 cm³/mol. The summed E-state index contributed by atoms with van der Waals surface area (Å²) in [5.41, 5.74) is 1.35. The molecule has 0 heterocycles. The zero-order valence-electron chi connectivity index (χ0n) is 27.7. The number of aliphatic hydroxyl groups is 6. The number of carboxylic acid groups (broad SMARTS) is 1. The van der Waals surface area contributed by atoms with E-state index in [0.29, 0.717) is 16.7 Å². The summed E-state index contributed by atoms with van der Waals surface area (Å²) in [7, 11) is 0. The van der Waals surface area contributed by atoms with Gasteiger partial charge in [0.1, 0.15) is 11.5 Å². The molecule has 7 N–H and O–H groups in total. The Bertz CT molecular complexity index is 2670. The number of carboxylic acids is 1. The lowest BCUT2D eigenvalue weighted by Crippen LogP contribution is -2.33. The molecule has 0 spiro atoms. The second-order valence-electron chi connectivity index (χ2n) is 13.0. The van der Waals surface area contributed by atoms with E-state index in [9.17, 15) is 40.5 Å². The maximum atomic E-state index is 13.3. The monoisotopic (exact) mass is 688 g/mol. The SMILES string of the molecule is C/C(O)=C(/O)C1=C(C(=O)O)C(c2ccccc2)C2C(O)=C(O)C(O)=C(O)C2=C1c1cccc(-c2cc3ccc4ccccc4c3c3ccccc23)c1. The number of aliphatic carboxylic acids is 1. The number of hydrogen-bond donors (Lipinski definition) is 7. The lowest BCUT2D eigenvalue weighted by molar-refractivity contribution is -0.133. The van der Waals surface area contributed by atoms with Crippen LogP contribution in [0, 0.1) is 5.92 Å². The van der Waals surface area contributed by atoms with Crippen LogP contribution in [-0.2, 0) is 4.79 Å². The number of fused-ring (bicyclic) bond motifs is 6. The first kappa shape index (κ1) is 32.3. The summed E-state index contributed by atoms with van der Waals surface area (Å²) in [6, 6.07) is 37.8. The van der Waals surface area contributed by atoms with E-state index in [0.717, 1.165) is 37.9 Å². The van der Waals surface area contributed by atoms with E-state index >= 15 is 0 Å². The summed E-state index contributed by atoms with van der Waals surface area (Å²) < 4.78 is 0. The second kappa shape index (κ2) is 12.1. The minimum atomic E-state index is -1.47. The predicted octanol–water partition coefficient (Wildman–Crippen LogP) is 10.4. The fraction of sp³-hybridized carbons (Fsp3) is 0.0682. The van der Waals surface area contributed by atoms with Crippen molar-refractivity contribution in [2.45, 2.75) is 12.8 Å². The topological polar surface area (TPSA) is 159 Å². The number of benzene rings is 6. The van der Waals surface area contributed by atoms with Crippen LogP contribution in [0.4, 0.5) is 0 Å². The van der Waals surface area contributed by atoms with Crippen LogP contribution in [0.25, 0.3) is 49.0 Å². The summed E-state index contributed by atoms with van der Waals surface area (Å²) in [4.78, 5) is 13.3. The van der Waals surface area contributed by atoms with Crippen LogP contribution in [0.2, 0.25) is 0 Å². The zero-order valence-corrected chi connectivity index (χ0v) is 27.7. The van der Waals surface area contributed by atoms with Crippen molar-refractivity contribution in [3.63, 3.8) is 0 Å². The average molecular weight is 689 g/mol. The molecular weight excluding hydrogens is 656 g/mol. The van der Waals surface area contributed by atoms with Crippen molar-refractivity contribution >= 4 is 43.9 Å². The molecule has 0 amide bonds. The van der Waals surface area contributed by atoms with Gasteiger partial charge in [0.25, 0.3) is 0 Å². The molecule has 8 heteroatoms. The standard InChI is InChI=1S/C44H32O8/c1-22(45)39(46)37-34(36-35(40(47)42(49)43(50)41(36)48)33(38(37)44(51)52)24-11-3-2-4-12-24)26-14-9-13-25(20-26)31-21-27-19-18-23-10-5-6-15-28(23)32(27)30-17-8-7-16-29(30)31/h2-21,33,35,45-50H,1H3,(H,51,52)/b39-22-. The van der Waals surface area contributed by atoms with Crippen LogP contribution in [0.3, 0.4) is 0 Å². The Morgan fingerprint density at radius 3 is 1.92 bits per heavy atom. The molecule has 2 aliphatic rings. The summed E-state index contributed by atoms with van der Waals surface area (Å²) in [5.74, 6) is -9.10. The highest BCUT2D eigenvalue weighted by atomic mass is 16.4. The van der Waals surface area contributed by atoms with Gasteiger partial charge in [-0.15, -0.1) is 0 Å². The van der Waals surface area contributed by atoms with Gasteiger partial charge in [0.05, 0.1) is 11.5 Å².